The molecular formula is C82H145Br2N11O19. The molecular weight excluding hydrogens is 1600 g/mol. The maximum Gasteiger partial charge on any atom is 0.410 e. The first-order valence-corrected chi connectivity index (χ1v) is 42.8. The van der Waals surface area contributed by atoms with Gasteiger partial charge >= 0.3 is 36.6 Å². The third kappa shape index (κ3) is 35.9. The van der Waals surface area contributed by atoms with Crippen molar-refractivity contribution in [1.82, 2.24) is 54.7 Å². The summed E-state index contributed by atoms with van der Waals surface area (Å²) in [5, 5.41) is 15.4. The van der Waals surface area contributed by atoms with Crippen molar-refractivity contribution in [2.24, 2.45) is 0 Å². The minimum atomic E-state index is -0.483. The molecule has 30 nitrogen and oxygen atoms in total. The van der Waals surface area contributed by atoms with Gasteiger partial charge in [0.1, 0.15) is 33.6 Å². The summed E-state index contributed by atoms with van der Waals surface area (Å²) in [6.07, 6.45) is 4.18. The Labute approximate surface area is 698 Å². The van der Waals surface area contributed by atoms with Crippen LogP contribution in [0.15, 0.2) is 42.5 Å². The summed E-state index contributed by atoms with van der Waals surface area (Å²) in [4.78, 5) is 88.6. The molecule has 1 aromatic rings. The second-order valence-corrected chi connectivity index (χ2v) is 38.2. The van der Waals surface area contributed by atoms with Gasteiger partial charge in [0, 0.05) is 104 Å². The van der Waals surface area contributed by atoms with Crippen molar-refractivity contribution < 1.29 is 90.7 Å². The molecule has 0 spiro atoms. The minimum absolute atomic E-state index is 0.0113. The maximum absolute atomic E-state index is 12.3. The van der Waals surface area contributed by atoms with Crippen LogP contribution in [0.3, 0.4) is 0 Å². The van der Waals surface area contributed by atoms with E-state index in [2.05, 4.69) is 102 Å². The number of rotatable bonds is 8. The van der Waals surface area contributed by atoms with Crippen LogP contribution in [-0.4, -0.2) is 368 Å². The van der Waals surface area contributed by atoms with Gasteiger partial charge < -0.3 is 102 Å². The van der Waals surface area contributed by atoms with Crippen molar-refractivity contribution in [2.45, 2.75) is 262 Å². The lowest BCUT2D eigenvalue weighted by Gasteiger charge is -2.36. The first kappa shape index (κ1) is 99.6. The van der Waals surface area contributed by atoms with Gasteiger partial charge in [-0.1, -0.05) is 95.1 Å². The zero-order valence-electron chi connectivity index (χ0n) is 73.1. The summed E-state index contributed by atoms with van der Waals surface area (Å²) in [5.74, 6) is 0. The fourth-order valence-corrected chi connectivity index (χ4v) is 14.9. The van der Waals surface area contributed by atoms with Crippen molar-refractivity contribution in [1.29, 1.82) is 0 Å². The van der Waals surface area contributed by atoms with E-state index >= 15 is 0 Å². The summed E-state index contributed by atoms with van der Waals surface area (Å²) in [7, 11) is 4.26. The molecule has 114 heavy (non-hydrogen) atoms. The second-order valence-electron chi connectivity index (χ2n) is 35.8. The van der Waals surface area contributed by atoms with Gasteiger partial charge in [-0.25, -0.2) is 28.8 Å². The van der Waals surface area contributed by atoms with Crippen LogP contribution in [0, 0.1) is 0 Å². The molecule has 11 aliphatic heterocycles. The molecule has 0 radical (unpaired) electrons. The third-order valence-corrected chi connectivity index (χ3v) is 20.6. The number of morpholine rings is 4. The summed E-state index contributed by atoms with van der Waals surface area (Å²) in [5.41, 5.74) is -1.35. The molecule has 12 unspecified atom stereocenters. The molecule has 11 aliphatic rings. The number of aliphatic hydroxyl groups excluding tert-OH is 1. The van der Waals surface area contributed by atoms with E-state index in [4.69, 9.17) is 61.9 Å². The van der Waals surface area contributed by atoms with Gasteiger partial charge in [0.05, 0.1) is 137 Å². The highest BCUT2D eigenvalue weighted by Crippen LogP contribution is 2.30. The number of likely N-dealkylation sites (N-methyl/N-ethyl adjacent to an activating group) is 2. The van der Waals surface area contributed by atoms with Crippen LogP contribution >= 0.6 is 31.9 Å². The predicted molar refractivity (Wildman–Crippen MR) is 447 cm³/mol. The van der Waals surface area contributed by atoms with E-state index in [1.165, 1.54) is 5.56 Å². The van der Waals surface area contributed by atoms with Crippen molar-refractivity contribution in [3.8, 4) is 0 Å². The largest absolute Gasteiger partial charge is 0.444 e. The van der Waals surface area contributed by atoms with Crippen LogP contribution in [0.4, 0.5) is 28.8 Å². The van der Waals surface area contributed by atoms with E-state index in [0.29, 0.717) is 96.7 Å². The number of nitrogens with zero attached hydrogens (tertiary/aromatic N) is 9. The number of nitrogens with one attached hydrogen (secondary N) is 2. The number of benzene rings is 1. The highest BCUT2D eigenvalue weighted by molar-refractivity contribution is 9.09. The number of likely N-dealkylation sites (tertiary alicyclic amines) is 5. The van der Waals surface area contributed by atoms with Crippen LogP contribution in [0.25, 0.3) is 0 Å². The molecule has 32 heteroatoms. The predicted octanol–water partition coefficient (Wildman–Crippen LogP) is 10.3. The molecule has 10 saturated heterocycles. The first-order chi connectivity index (χ1) is 53.3. The Hall–Kier alpha value is -4.94. The van der Waals surface area contributed by atoms with Crippen molar-refractivity contribution in [3.63, 3.8) is 0 Å². The lowest BCUT2D eigenvalue weighted by Crippen LogP contribution is -2.50. The van der Waals surface area contributed by atoms with Crippen LogP contribution in [-0.2, 0) is 63.4 Å². The van der Waals surface area contributed by atoms with E-state index in [1.54, 1.807) is 29.4 Å². The third-order valence-electron chi connectivity index (χ3n) is 18.9. The SMILES string of the molecule is CC.CC(C)(C)OC(=O)N1CC(Br)C(OCCO)C1.CC(C)(C)OC(=O)N1CC2NCCOC2C1.CC(C)(C)OC(=O)N1CC2OCCN(Cc3ccccc3)C2C1.CC(C)(C)OC(=O)N1CC=CC1.CCCOC1CN(C(=O)OC(C)(C)C)CC1Br.CN1CCOC2CN(C(=O)OC(C)(C)C)CC21.CN1CCOC2CNCC21. The summed E-state index contributed by atoms with van der Waals surface area (Å²) >= 11 is 7.02. The first-order valence-electron chi connectivity index (χ1n) is 41.0. The van der Waals surface area contributed by atoms with Gasteiger partial charge in [0.25, 0.3) is 0 Å². The Morgan fingerprint density at radius 1 is 0.447 bits per heavy atom. The van der Waals surface area contributed by atoms with E-state index in [-0.39, 0.29) is 108 Å². The number of fused-ring (bicyclic) bond motifs is 4. The normalized spacial score (nSPS) is 26.8. The number of hydrogen-bond donors (Lipinski definition) is 3. The highest BCUT2D eigenvalue weighted by Gasteiger charge is 2.46. The van der Waals surface area contributed by atoms with Crippen molar-refractivity contribution >= 4 is 68.4 Å². The number of carbonyl (C=O) groups is 6. The molecule has 0 aromatic heterocycles. The quantitative estimate of drug-likeness (QED) is 0.124. The Bertz CT molecular complexity index is 3000. The van der Waals surface area contributed by atoms with Crippen molar-refractivity contribution in [2.75, 3.05) is 178 Å². The fourth-order valence-electron chi connectivity index (χ4n) is 13.6. The highest BCUT2D eigenvalue weighted by atomic mass is 79.9. The number of ether oxygens (including phenoxy) is 12. The Morgan fingerprint density at radius 3 is 1.25 bits per heavy atom. The van der Waals surface area contributed by atoms with Gasteiger partial charge in [0.15, 0.2) is 0 Å². The van der Waals surface area contributed by atoms with Gasteiger partial charge in [-0.05, 0) is 151 Å². The average Bonchev–Trinajstić information content (AvgIpc) is 1.67. The Kier molecular flexibility index (Phi) is 40.7. The van der Waals surface area contributed by atoms with Crippen molar-refractivity contribution in [3.05, 3.63) is 48.0 Å². The molecule has 6 amide bonds. The number of alkyl halides is 2. The van der Waals surface area contributed by atoms with Crippen LogP contribution in [0.2, 0.25) is 0 Å². The summed E-state index contributed by atoms with van der Waals surface area (Å²) < 4.78 is 65.8. The molecule has 0 aliphatic carbocycles. The summed E-state index contributed by atoms with van der Waals surface area (Å²) in [6, 6.07) is 11.9. The zero-order chi connectivity index (χ0) is 85.1. The van der Waals surface area contributed by atoms with Gasteiger partial charge in [-0.15, -0.1) is 0 Å². The van der Waals surface area contributed by atoms with Gasteiger partial charge in [0.2, 0.25) is 0 Å². The van der Waals surface area contributed by atoms with Crippen LogP contribution < -0.4 is 10.6 Å². The monoisotopic (exact) mass is 1750 g/mol. The molecule has 1 aromatic carbocycles. The smallest absolute Gasteiger partial charge is 0.410 e. The lowest BCUT2D eigenvalue weighted by molar-refractivity contribution is -0.0505. The maximum atomic E-state index is 12.3. The lowest BCUT2D eigenvalue weighted by atomic mass is 10.1. The number of carbonyl (C=O) groups excluding carboxylic acids is 6. The molecule has 10 fully saturated rings. The minimum Gasteiger partial charge on any atom is -0.444 e. The molecule has 0 saturated carbocycles. The number of halogens is 2. The van der Waals surface area contributed by atoms with Crippen LogP contribution in [0.1, 0.15) is 157 Å². The molecule has 12 rings (SSSR count). The molecule has 0 bridgehead atoms. The average molecular weight is 1750 g/mol. The number of aliphatic hydroxyl groups is 1. The number of amides is 6. The second kappa shape index (κ2) is 46.6. The zero-order valence-corrected chi connectivity index (χ0v) is 76.3. The van der Waals surface area contributed by atoms with E-state index in [9.17, 15) is 28.8 Å². The fraction of sp³-hybridized carbons (Fsp3) is 0.829. The molecule has 3 N–H and O–H groups in total. The molecule has 12 atom stereocenters. The standard InChI is InChI=1S/C18H26N2O3.C12H22BrNO3.C12H22N2O3.C11H20BrNO4.C11H20N2O3.C9H15NO2.C7H14N2O.C2H6/c1-18(2,3)23-17(21)20-12-15-16(13-20)22-10-9-19(15)11-14-7-5-4-6-8-14;1-5-6-16-10-8-14(7-9(10)13)11(15)17-12(2,3)4;1-12(2,3)17-11(15)14-7-9-10(8-14)16-6-5-13(9)4;1-11(2,3)17-10(15)13-6-8(12)9(7-13)16-5-4-14;1-11(2,3)16-10(14)13-6-8-9(7-13)15-5-4-12-8;1-9(2,3)12-8(11)10-6-4-5-7-10;1-9-2-3-10-7-5-8-4-6(7)9;1-2/h4-8,15-16H,9-13H2,1-3H3;2*9-10H,5-8H2,1-4H3;8-9,14H,4-7H2,1-3H3;8-9,12H,4-7H2,1-3H3;4-5H,6-7H2,1-3H3;6-8H,2-5H2,1H3;1-2H3. The Morgan fingerprint density at radius 2 is 0.825 bits per heavy atom. The number of hydrogen-bond acceptors (Lipinski definition) is 24. The van der Waals surface area contributed by atoms with E-state index in [1.807, 2.05) is 157 Å². The van der Waals surface area contributed by atoms with Crippen LogP contribution in [0.5, 0.6) is 0 Å². The molecule has 11 heterocycles. The van der Waals surface area contributed by atoms with E-state index < -0.39 is 28.0 Å². The van der Waals surface area contributed by atoms with Gasteiger partial charge in [-0.3, -0.25) is 14.7 Å². The topological polar surface area (TPSA) is 287 Å². The summed E-state index contributed by atoms with van der Waals surface area (Å²) in [6.45, 7) is 58.3. The van der Waals surface area contributed by atoms with Gasteiger partial charge in [-0.2, -0.15) is 0 Å². The molecule has 656 valence electrons. The Balaban J connectivity index is 0.000000239. The van der Waals surface area contributed by atoms with E-state index in [0.717, 1.165) is 85.3 Å².